The molecular weight excluding hydrogens is 176 g/mol. The van der Waals surface area contributed by atoms with Gasteiger partial charge >= 0.3 is 0 Å². The Morgan fingerprint density at radius 1 is 1.43 bits per heavy atom. The fraction of sp³-hybridized carbons (Fsp3) is 0.364. The summed E-state index contributed by atoms with van der Waals surface area (Å²) in [6.45, 7) is 2.65. The van der Waals surface area contributed by atoms with Crippen molar-refractivity contribution in [3.05, 3.63) is 29.8 Å². The van der Waals surface area contributed by atoms with Gasteiger partial charge in [0.1, 0.15) is 0 Å². The molecule has 0 fully saturated rings. The first-order valence-corrected chi connectivity index (χ1v) is 4.79. The van der Waals surface area contributed by atoms with Gasteiger partial charge < -0.3 is 10.2 Å². The minimum absolute atomic E-state index is 0.104. The van der Waals surface area contributed by atoms with E-state index in [-0.39, 0.29) is 11.9 Å². The fourth-order valence-corrected chi connectivity index (χ4v) is 1.75. The molecule has 1 aromatic rings. The molecule has 1 N–H and O–H groups in total. The zero-order valence-corrected chi connectivity index (χ0v) is 8.45. The first-order valence-electron chi connectivity index (χ1n) is 4.79. The third-order valence-electron chi connectivity index (χ3n) is 2.65. The Kier molecular flexibility index (Phi) is 2.25. The van der Waals surface area contributed by atoms with E-state index in [2.05, 4.69) is 5.32 Å². The zero-order chi connectivity index (χ0) is 10.1. The molecule has 1 heterocycles. The molecule has 0 saturated heterocycles. The molecule has 74 valence electrons. The Hall–Kier alpha value is -1.35. The highest BCUT2D eigenvalue weighted by atomic mass is 16.2. The van der Waals surface area contributed by atoms with Crippen LogP contribution in [0, 0.1) is 0 Å². The van der Waals surface area contributed by atoms with Gasteiger partial charge in [-0.1, -0.05) is 18.2 Å². The topological polar surface area (TPSA) is 32.3 Å². The average Bonchev–Trinajstić information content (AvgIpc) is 2.32. The maximum absolute atomic E-state index is 11.8. The third kappa shape index (κ3) is 1.40. The number of anilines is 1. The lowest BCUT2D eigenvalue weighted by Crippen LogP contribution is -2.40. The number of hydrogen-bond acceptors (Lipinski definition) is 2. The van der Waals surface area contributed by atoms with Crippen molar-refractivity contribution in [2.24, 2.45) is 0 Å². The Morgan fingerprint density at radius 2 is 2.14 bits per heavy atom. The average molecular weight is 190 g/mol. The first kappa shape index (κ1) is 9.21. The Labute approximate surface area is 83.7 Å². The molecular formula is C11H14N2O. The lowest BCUT2D eigenvalue weighted by Gasteiger charge is -2.18. The summed E-state index contributed by atoms with van der Waals surface area (Å²) >= 11 is 0. The lowest BCUT2D eigenvalue weighted by molar-refractivity contribution is -0.119. The summed E-state index contributed by atoms with van der Waals surface area (Å²) < 4.78 is 0. The number of rotatable bonds is 0. The van der Waals surface area contributed by atoms with Crippen LogP contribution in [0.15, 0.2) is 24.3 Å². The smallest absolute Gasteiger partial charge is 0.243 e. The predicted molar refractivity (Wildman–Crippen MR) is 56.2 cm³/mol. The van der Waals surface area contributed by atoms with Gasteiger partial charge in [0.05, 0.1) is 6.04 Å². The highest BCUT2D eigenvalue weighted by molar-refractivity contribution is 5.97. The van der Waals surface area contributed by atoms with Crippen molar-refractivity contribution in [1.82, 2.24) is 5.32 Å². The van der Waals surface area contributed by atoms with Crippen LogP contribution < -0.4 is 10.2 Å². The second-order valence-electron chi connectivity index (χ2n) is 3.63. The number of likely N-dealkylation sites (N-methyl/N-ethyl adjacent to an activating group) is 1. The number of amides is 1. The maximum atomic E-state index is 11.8. The van der Waals surface area contributed by atoms with Crippen molar-refractivity contribution < 1.29 is 4.79 Å². The van der Waals surface area contributed by atoms with Gasteiger partial charge in [0.15, 0.2) is 0 Å². The van der Waals surface area contributed by atoms with Crippen LogP contribution in [0.2, 0.25) is 0 Å². The minimum Gasteiger partial charge on any atom is -0.314 e. The van der Waals surface area contributed by atoms with Crippen LogP contribution in [0.1, 0.15) is 12.5 Å². The quantitative estimate of drug-likeness (QED) is 0.665. The van der Waals surface area contributed by atoms with Crippen LogP contribution in [0.3, 0.4) is 0 Å². The van der Waals surface area contributed by atoms with Crippen molar-refractivity contribution in [2.75, 3.05) is 11.9 Å². The van der Waals surface area contributed by atoms with Crippen LogP contribution in [0.5, 0.6) is 0 Å². The van der Waals surface area contributed by atoms with Crippen molar-refractivity contribution in [3.8, 4) is 0 Å². The third-order valence-corrected chi connectivity index (χ3v) is 2.65. The molecule has 1 unspecified atom stereocenters. The molecule has 1 aromatic carbocycles. The SMILES string of the molecule is CC1NCc2ccccc2N(C)C1=O. The monoisotopic (exact) mass is 190 g/mol. The summed E-state index contributed by atoms with van der Waals surface area (Å²) in [6, 6.07) is 7.87. The zero-order valence-electron chi connectivity index (χ0n) is 8.45. The highest BCUT2D eigenvalue weighted by Crippen LogP contribution is 2.22. The van der Waals surface area contributed by atoms with E-state index >= 15 is 0 Å². The van der Waals surface area contributed by atoms with Crippen molar-refractivity contribution >= 4 is 11.6 Å². The molecule has 3 heteroatoms. The summed E-state index contributed by atoms with van der Waals surface area (Å²) in [5, 5.41) is 3.19. The largest absolute Gasteiger partial charge is 0.314 e. The van der Waals surface area contributed by atoms with Gasteiger partial charge in [0, 0.05) is 19.3 Å². The summed E-state index contributed by atoms with van der Waals surface area (Å²) in [5.74, 6) is 0.120. The van der Waals surface area contributed by atoms with Gasteiger partial charge in [-0.3, -0.25) is 4.79 Å². The second kappa shape index (κ2) is 3.42. The molecule has 0 radical (unpaired) electrons. The van der Waals surface area contributed by atoms with Gasteiger partial charge in [0.2, 0.25) is 5.91 Å². The number of fused-ring (bicyclic) bond motifs is 1. The van der Waals surface area contributed by atoms with Crippen LogP contribution in [-0.2, 0) is 11.3 Å². The molecule has 0 aromatic heterocycles. The fourth-order valence-electron chi connectivity index (χ4n) is 1.75. The molecule has 1 aliphatic heterocycles. The van der Waals surface area contributed by atoms with E-state index in [1.165, 1.54) is 5.56 Å². The number of hydrogen-bond donors (Lipinski definition) is 1. The normalized spacial score (nSPS) is 21.7. The van der Waals surface area contributed by atoms with Crippen LogP contribution >= 0.6 is 0 Å². The number of para-hydroxylation sites is 1. The van der Waals surface area contributed by atoms with Crippen molar-refractivity contribution in [1.29, 1.82) is 0 Å². The standard InChI is InChI=1S/C11H14N2O/c1-8-11(14)13(2)10-6-4-3-5-9(10)7-12-8/h3-6,8,12H,7H2,1-2H3. The van der Waals surface area contributed by atoms with E-state index in [0.29, 0.717) is 0 Å². The number of carbonyl (C=O) groups excluding carboxylic acids is 1. The molecule has 0 saturated carbocycles. The summed E-state index contributed by atoms with van der Waals surface area (Å²) in [6.07, 6.45) is 0. The molecule has 2 rings (SSSR count). The number of carbonyl (C=O) groups is 1. The van der Waals surface area contributed by atoms with Crippen molar-refractivity contribution in [2.45, 2.75) is 19.5 Å². The van der Waals surface area contributed by atoms with Gasteiger partial charge in [-0.2, -0.15) is 0 Å². The van der Waals surface area contributed by atoms with E-state index in [9.17, 15) is 4.79 Å². The van der Waals surface area contributed by atoms with E-state index in [1.54, 1.807) is 4.90 Å². The molecule has 14 heavy (non-hydrogen) atoms. The minimum atomic E-state index is -0.104. The first-order chi connectivity index (χ1) is 6.70. The van der Waals surface area contributed by atoms with Gasteiger partial charge in [-0.25, -0.2) is 0 Å². The van der Waals surface area contributed by atoms with E-state index < -0.39 is 0 Å². The van der Waals surface area contributed by atoms with Gasteiger partial charge in [-0.05, 0) is 18.6 Å². The van der Waals surface area contributed by atoms with E-state index in [4.69, 9.17) is 0 Å². The Balaban J connectivity index is 2.45. The summed E-state index contributed by atoms with van der Waals surface area (Å²) in [5.41, 5.74) is 2.18. The van der Waals surface area contributed by atoms with Crippen LogP contribution in [0.4, 0.5) is 5.69 Å². The summed E-state index contributed by atoms with van der Waals surface area (Å²) in [7, 11) is 1.82. The molecule has 3 nitrogen and oxygen atoms in total. The van der Waals surface area contributed by atoms with E-state index in [0.717, 1.165) is 12.2 Å². The molecule has 0 bridgehead atoms. The van der Waals surface area contributed by atoms with Gasteiger partial charge in [0.25, 0.3) is 0 Å². The predicted octanol–water partition coefficient (Wildman–Crippen LogP) is 1.14. The van der Waals surface area contributed by atoms with Crippen LogP contribution in [0.25, 0.3) is 0 Å². The Morgan fingerprint density at radius 3 is 2.93 bits per heavy atom. The number of benzene rings is 1. The molecule has 0 spiro atoms. The second-order valence-corrected chi connectivity index (χ2v) is 3.63. The Bertz CT molecular complexity index is 362. The van der Waals surface area contributed by atoms with E-state index in [1.807, 2.05) is 38.2 Å². The van der Waals surface area contributed by atoms with Crippen molar-refractivity contribution in [3.63, 3.8) is 0 Å². The molecule has 1 atom stereocenters. The highest BCUT2D eigenvalue weighted by Gasteiger charge is 2.23. The number of nitrogens with zero attached hydrogens (tertiary/aromatic N) is 1. The molecule has 1 aliphatic rings. The molecule has 1 amide bonds. The summed E-state index contributed by atoms with van der Waals surface area (Å²) in [4.78, 5) is 13.5. The van der Waals surface area contributed by atoms with Gasteiger partial charge in [-0.15, -0.1) is 0 Å². The lowest BCUT2D eigenvalue weighted by atomic mass is 10.1. The maximum Gasteiger partial charge on any atom is 0.243 e. The van der Waals surface area contributed by atoms with Crippen LogP contribution in [-0.4, -0.2) is 19.0 Å². The molecule has 0 aliphatic carbocycles. The number of nitrogens with one attached hydrogen (secondary N) is 1.